The fourth-order valence-corrected chi connectivity index (χ4v) is 5.60. The van der Waals surface area contributed by atoms with Crippen molar-refractivity contribution in [2.45, 2.75) is 30.7 Å². The van der Waals surface area contributed by atoms with E-state index in [-0.39, 0.29) is 16.5 Å². The van der Waals surface area contributed by atoms with E-state index >= 15 is 0 Å². The Bertz CT molecular complexity index is 1280. The third-order valence-corrected chi connectivity index (χ3v) is 7.18. The maximum Gasteiger partial charge on any atom is 0.434 e. The number of ether oxygens (including phenoxy) is 1. The van der Waals surface area contributed by atoms with Crippen molar-refractivity contribution in [3.05, 3.63) is 73.2 Å². The van der Waals surface area contributed by atoms with Crippen LogP contribution >= 0.6 is 27.5 Å². The molecule has 0 saturated carbocycles. The van der Waals surface area contributed by atoms with Gasteiger partial charge < -0.3 is 9.15 Å². The molecule has 0 aliphatic carbocycles. The number of aromatic nitrogens is 2. The summed E-state index contributed by atoms with van der Waals surface area (Å²) in [6.45, 7) is 3.23. The molecule has 0 radical (unpaired) electrons. The van der Waals surface area contributed by atoms with Crippen LogP contribution in [0.3, 0.4) is 0 Å². The van der Waals surface area contributed by atoms with Crippen molar-refractivity contribution in [2.24, 2.45) is 0 Å². The number of nitrogens with one attached hydrogen (secondary N) is 2. The fraction of sp³-hybridized carbons (Fsp3) is 0.263. The molecule has 8 nitrogen and oxygen atoms in total. The molecule has 1 aromatic heterocycles. The van der Waals surface area contributed by atoms with Gasteiger partial charge in [-0.1, -0.05) is 34.5 Å². The molecule has 0 aliphatic heterocycles. The minimum atomic E-state index is -4.21. The van der Waals surface area contributed by atoms with E-state index in [1.807, 2.05) is 0 Å². The second kappa shape index (κ2) is 9.11. The SMILES string of the molecule is COc1cc(Cl)ccc1S(=O)(=O)NC(c1n[nH]c(=O)o1)C(C)c1c(Br)ccc(F)c1C. The molecule has 2 N–H and O–H groups in total. The summed E-state index contributed by atoms with van der Waals surface area (Å²) in [5.41, 5.74) is 0.800. The molecule has 0 saturated heterocycles. The van der Waals surface area contributed by atoms with E-state index in [2.05, 4.69) is 30.8 Å². The van der Waals surface area contributed by atoms with Crippen LogP contribution in [0.25, 0.3) is 0 Å². The summed E-state index contributed by atoms with van der Waals surface area (Å²) in [5, 5.41) is 6.19. The zero-order valence-corrected chi connectivity index (χ0v) is 19.7. The van der Waals surface area contributed by atoms with Crippen LogP contribution in [0.1, 0.15) is 35.9 Å². The first-order valence-electron chi connectivity index (χ1n) is 8.91. The predicted molar refractivity (Wildman–Crippen MR) is 115 cm³/mol. The van der Waals surface area contributed by atoms with Gasteiger partial charge in [0.05, 0.1) is 7.11 Å². The van der Waals surface area contributed by atoms with Crippen molar-refractivity contribution in [2.75, 3.05) is 7.11 Å². The first-order valence-corrected chi connectivity index (χ1v) is 11.6. The normalized spacial score (nSPS) is 13.7. The zero-order valence-electron chi connectivity index (χ0n) is 16.6. The van der Waals surface area contributed by atoms with E-state index in [0.717, 1.165) is 0 Å². The highest BCUT2D eigenvalue weighted by Gasteiger charge is 2.34. The summed E-state index contributed by atoms with van der Waals surface area (Å²) in [6.07, 6.45) is 0. The average molecular weight is 535 g/mol. The van der Waals surface area contributed by atoms with Gasteiger partial charge in [0.15, 0.2) is 0 Å². The van der Waals surface area contributed by atoms with E-state index in [1.165, 1.54) is 37.4 Å². The number of aromatic amines is 1. The molecule has 0 spiro atoms. The number of H-pyrrole nitrogens is 1. The monoisotopic (exact) mass is 533 g/mol. The standard InChI is InChI=1S/C19H18BrClFN3O5S/c1-9-13(22)6-5-12(20)16(9)10(2)17(18-23-24-19(26)30-18)25-31(27,28)15-7-4-11(21)8-14(15)29-3/h4-8,10,17,25H,1-3H3,(H,24,26). The molecule has 12 heteroatoms. The Morgan fingerprint density at radius 1 is 1.32 bits per heavy atom. The summed E-state index contributed by atoms with van der Waals surface area (Å²) in [6, 6.07) is 5.71. The third kappa shape index (κ3) is 4.84. The Balaban J connectivity index is 2.12. The smallest absolute Gasteiger partial charge is 0.434 e. The Morgan fingerprint density at radius 3 is 2.65 bits per heavy atom. The van der Waals surface area contributed by atoms with Crippen LogP contribution in [0.2, 0.25) is 5.02 Å². The number of hydrogen-bond acceptors (Lipinski definition) is 6. The lowest BCUT2D eigenvalue weighted by atomic mass is 9.90. The molecular formula is C19H18BrClFN3O5S. The third-order valence-electron chi connectivity index (χ3n) is 4.77. The van der Waals surface area contributed by atoms with E-state index < -0.39 is 33.6 Å². The van der Waals surface area contributed by atoms with E-state index in [9.17, 15) is 17.6 Å². The van der Waals surface area contributed by atoms with Crippen molar-refractivity contribution >= 4 is 37.6 Å². The van der Waals surface area contributed by atoms with Crippen molar-refractivity contribution in [1.82, 2.24) is 14.9 Å². The molecule has 1 heterocycles. The molecule has 2 unspecified atom stereocenters. The lowest BCUT2D eigenvalue weighted by molar-refractivity contribution is 0.378. The van der Waals surface area contributed by atoms with Gasteiger partial charge >= 0.3 is 5.76 Å². The molecule has 0 amide bonds. The van der Waals surface area contributed by atoms with Crippen LogP contribution in [0, 0.1) is 12.7 Å². The number of benzene rings is 2. The lowest BCUT2D eigenvalue weighted by Crippen LogP contribution is -2.33. The summed E-state index contributed by atoms with van der Waals surface area (Å²) in [7, 11) is -2.90. The van der Waals surface area contributed by atoms with Crippen LogP contribution in [-0.4, -0.2) is 25.7 Å². The van der Waals surface area contributed by atoms with Crippen LogP contribution in [0.5, 0.6) is 5.75 Å². The summed E-state index contributed by atoms with van der Waals surface area (Å²) in [5.74, 6) is -2.19. The minimum Gasteiger partial charge on any atom is -0.495 e. The minimum absolute atomic E-state index is 0.0259. The molecular weight excluding hydrogens is 517 g/mol. The quantitative estimate of drug-likeness (QED) is 0.473. The highest BCUT2D eigenvalue weighted by molar-refractivity contribution is 9.10. The topological polar surface area (TPSA) is 114 Å². The molecule has 2 aromatic carbocycles. The number of sulfonamides is 1. The Labute approximate surface area is 190 Å². The molecule has 31 heavy (non-hydrogen) atoms. The number of rotatable bonds is 7. The number of hydrogen-bond donors (Lipinski definition) is 2. The van der Waals surface area contributed by atoms with Crippen LogP contribution < -0.4 is 15.2 Å². The van der Waals surface area contributed by atoms with Gasteiger partial charge in [-0.25, -0.2) is 22.7 Å². The highest BCUT2D eigenvalue weighted by atomic mass is 79.9. The van der Waals surface area contributed by atoms with Gasteiger partial charge in [0.25, 0.3) is 0 Å². The first-order chi connectivity index (χ1) is 14.5. The summed E-state index contributed by atoms with van der Waals surface area (Å²) in [4.78, 5) is 11.4. The van der Waals surface area contributed by atoms with Crippen LogP contribution in [-0.2, 0) is 10.0 Å². The van der Waals surface area contributed by atoms with Gasteiger partial charge in [-0.2, -0.15) is 4.72 Å². The molecule has 2 atom stereocenters. The van der Waals surface area contributed by atoms with E-state index in [1.54, 1.807) is 13.8 Å². The fourth-order valence-electron chi connectivity index (χ4n) is 3.23. The average Bonchev–Trinajstić information content (AvgIpc) is 3.14. The zero-order chi connectivity index (χ0) is 22.9. The molecule has 3 rings (SSSR count). The number of nitrogens with zero attached hydrogens (tertiary/aromatic N) is 1. The molecule has 0 fully saturated rings. The van der Waals surface area contributed by atoms with Crippen molar-refractivity contribution < 1.29 is 22.0 Å². The maximum atomic E-state index is 14.2. The van der Waals surface area contributed by atoms with Crippen LogP contribution in [0.15, 0.2) is 48.9 Å². The molecule has 0 bridgehead atoms. The van der Waals surface area contributed by atoms with Crippen molar-refractivity contribution in [3.8, 4) is 5.75 Å². The largest absolute Gasteiger partial charge is 0.495 e. The van der Waals surface area contributed by atoms with Crippen molar-refractivity contribution in [3.63, 3.8) is 0 Å². The van der Waals surface area contributed by atoms with Gasteiger partial charge in [0.2, 0.25) is 15.9 Å². The Morgan fingerprint density at radius 2 is 2.03 bits per heavy atom. The lowest BCUT2D eigenvalue weighted by Gasteiger charge is -2.25. The first kappa shape index (κ1) is 23.5. The predicted octanol–water partition coefficient (Wildman–Crippen LogP) is 4.06. The van der Waals surface area contributed by atoms with E-state index in [0.29, 0.717) is 20.6 Å². The number of methoxy groups -OCH3 is 1. The summed E-state index contributed by atoms with van der Waals surface area (Å²) < 4.78 is 53.9. The summed E-state index contributed by atoms with van der Waals surface area (Å²) >= 11 is 9.31. The highest BCUT2D eigenvalue weighted by Crippen LogP contribution is 2.38. The second-order valence-electron chi connectivity index (χ2n) is 6.70. The van der Waals surface area contributed by atoms with Gasteiger partial charge in [-0.15, -0.1) is 5.10 Å². The van der Waals surface area contributed by atoms with Gasteiger partial charge in [-0.05, 0) is 42.3 Å². The molecule has 3 aromatic rings. The number of halogens is 3. The molecule has 0 aliphatic rings. The second-order valence-corrected chi connectivity index (χ2v) is 9.68. The van der Waals surface area contributed by atoms with Gasteiger partial charge in [0, 0.05) is 21.5 Å². The van der Waals surface area contributed by atoms with Crippen molar-refractivity contribution in [1.29, 1.82) is 0 Å². The Hall–Kier alpha value is -2.21. The Kier molecular flexibility index (Phi) is 6.89. The van der Waals surface area contributed by atoms with Gasteiger partial charge in [0.1, 0.15) is 22.5 Å². The van der Waals surface area contributed by atoms with Crippen LogP contribution in [0.4, 0.5) is 4.39 Å². The van der Waals surface area contributed by atoms with E-state index in [4.69, 9.17) is 20.8 Å². The molecule has 166 valence electrons. The maximum absolute atomic E-state index is 14.2. The van der Waals surface area contributed by atoms with Gasteiger partial charge in [-0.3, -0.25) is 0 Å².